The van der Waals surface area contributed by atoms with Gasteiger partial charge in [0, 0.05) is 43.0 Å². The number of piperazine rings is 1. The van der Waals surface area contributed by atoms with E-state index >= 15 is 0 Å². The molecule has 1 aliphatic rings. The average Bonchev–Trinajstić information content (AvgIpc) is 2.68. The summed E-state index contributed by atoms with van der Waals surface area (Å²) in [6, 6.07) is 12.2. The Balaban J connectivity index is 1.55. The number of anilines is 2. The molecule has 0 spiro atoms. The summed E-state index contributed by atoms with van der Waals surface area (Å²) in [7, 11) is 1.60. The minimum Gasteiger partial charge on any atom is -0.495 e. The number of hydrogen-bond donors (Lipinski definition) is 1. The third-order valence-corrected chi connectivity index (χ3v) is 5.32. The van der Waals surface area contributed by atoms with E-state index in [1.54, 1.807) is 13.2 Å². The fourth-order valence-corrected chi connectivity index (χ4v) is 3.45. The Bertz CT molecular complexity index is 817. The van der Waals surface area contributed by atoms with Crippen molar-refractivity contribution in [1.82, 2.24) is 4.90 Å². The first-order chi connectivity index (χ1) is 13.0. The van der Waals surface area contributed by atoms with Crippen molar-refractivity contribution in [3.05, 3.63) is 52.5 Å². The zero-order chi connectivity index (χ0) is 19.4. The summed E-state index contributed by atoms with van der Waals surface area (Å²) in [5.41, 5.74) is 4.20. The van der Waals surface area contributed by atoms with Gasteiger partial charge in [0.25, 0.3) is 0 Å². The molecule has 0 aromatic heterocycles. The zero-order valence-electron chi connectivity index (χ0n) is 16.1. The van der Waals surface area contributed by atoms with Gasteiger partial charge in [-0.2, -0.15) is 0 Å². The number of hydrogen-bond acceptors (Lipinski definition) is 4. The summed E-state index contributed by atoms with van der Waals surface area (Å²) in [5, 5.41) is 3.84. The van der Waals surface area contributed by atoms with Gasteiger partial charge in [-0.05, 0) is 43.2 Å². The fourth-order valence-electron chi connectivity index (χ4n) is 3.29. The van der Waals surface area contributed by atoms with Crippen LogP contribution in [0.15, 0.2) is 36.4 Å². The molecule has 1 aliphatic heterocycles. The standard InChI is InChI=1S/C21H26ClN3O2/c1-15-5-4-6-17(11-15)24-7-9-25(10-8-24)21(26)14-23-19-12-16(2)18(22)13-20(19)27-3/h4-6,11-13,23H,7-10,14H2,1-3H3. The van der Waals surface area contributed by atoms with E-state index in [0.717, 1.165) is 37.4 Å². The molecule has 27 heavy (non-hydrogen) atoms. The molecule has 1 N–H and O–H groups in total. The minimum atomic E-state index is 0.0912. The molecular weight excluding hydrogens is 362 g/mol. The molecule has 3 rings (SSSR count). The van der Waals surface area contributed by atoms with Crippen LogP contribution >= 0.6 is 11.6 Å². The molecule has 1 fully saturated rings. The second-order valence-electron chi connectivity index (χ2n) is 6.86. The van der Waals surface area contributed by atoms with Crippen LogP contribution in [0, 0.1) is 13.8 Å². The number of aryl methyl sites for hydroxylation is 2. The lowest BCUT2D eigenvalue weighted by atomic mass is 10.2. The zero-order valence-corrected chi connectivity index (χ0v) is 16.8. The number of nitrogens with zero attached hydrogens (tertiary/aromatic N) is 2. The quantitative estimate of drug-likeness (QED) is 0.849. The van der Waals surface area contributed by atoms with Crippen molar-refractivity contribution in [2.75, 3.05) is 50.1 Å². The maximum atomic E-state index is 12.6. The van der Waals surface area contributed by atoms with Gasteiger partial charge in [0.05, 0.1) is 19.3 Å². The minimum absolute atomic E-state index is 0.0912. The number of nitrogens with one attached hydrogen (secondary N) is 1. The van der Waals surface area contributed by atoms with Gasteiger partial charge in [-0.1, -0.05) is 23.7 Å². The van der Waals surface area contributed by atoms with E-state index in [2.05, 4.69) is 41.4 Å². The van der Waals surface area contributed by atoms with Gasteiger partial charge in [-0.25, -0.2) is 0 Å². The highest BCUT2D eigenvalue weighted by Crippen LogP contribution is 2.30. The van der Waals surface area contributed by atoms with E-state index in [0.29, 0.717) is 10.8 Å². The third kappa shape index (κ3) is 4.66. The Hall–Kier alpha value is -2.40. The highest BCUT2D eigenvalue weighted by atomic mass is 35.5. The number of carbonyl (C=O) groups is 1. The molecule has 0 atom stereocenters. The van der Waals surface area contributed by atoms with E-state index in [1.165, 1.54) is 11.3 Å². The molecule has 0 radical (unpaired) electrons. The maximum absolute atomic E-state index is 12.6. The highest BCUT2D eigenvalue weighted by molar-refractivity contribution is 6.31. The van der Waals surface area contributed by atoms with E-state index in [1.807, 2.05) is 17.9 Å². The van der Waals surface area contributed by atoms with Crippen LogP contribution in [-0.4, -0.2) is 50.6 Å². The molecule has 5 nitrogen and oxygen atoms in total. The molecule has 0 bridgehead atoms. The largest absolute Gasteiger partial charge is 0.495 e. The number of carbonyl (C=O) groups excluding carboxylic acids is 1. The molecule has 0 saturated carbocycles. The average molecular weight is 388 g/mol. The smallest absolute Gasteiger partial charge is 0.241 e. The third-order valence-electron chi connectivity index (χ3n) is 4.91. The van der Waals surface area contributed by atoms with E-state index in [4.69, 9.17) is 16.3 Å². The number of ether oxygens (including phenoxy) is 1. The van der Waals surface area contributed by atoms with Crippen LogP contribution in [0.25, 0.3) is 0 Å². The van der Waals surface area contributed by atoms with Crippen LogP contribution in [0.3, 0.4) is 0 Å². The number of benzene rings is 2. The second kappa shape index (κ2) is 8.53. The summed E-state index contributed by atoms with van der Waals surface area (Å²) >= 11 is 6.14. The Morgan fingerprint density at radius 3 is 2.56 bits per heavy atom. The van der Waals surface area contributed by atoms with Crippen LogP contribution in [0.1, 0.15) is 11.1 Å². The molecule has 0 aliphatic carbocycles. The SMILES string of the molecule is COc1cc(Cl)c(C)cc1NCC(=O)N1CCN(c2cccc(C)c2)CC1. The lowest BCUT2D eigenvalue weighted by molar-refractivity contribution is -0.129. The van der Waals surface area contributed by atoms with Crippen molar-refractivity contribution in [2.24, 2.45) is 0 Å². The number of methoxy groups -OCH3 is 1. The van der Waals surface area contributed by atoms with Crippen molar-refractivity contribution in [1.29, 1.82) is 0 Å². The van der Waals surface area contributed by atoms with E-state index in [-0.39, 0.29) is 12.5 Å². The summed E-state index contributed by atoms with van der Waals surface area (Å²) < 4.78 is 5.35. The first kappa shape index (κ1) is 19.4. The predicted molar refractivity (Wildman–Crippen MR) is 111 cm³/mol. The Morgan fingerprint density at radius 1 is 1.15 bits per heavy atom. The van der Waals surface area contributed by atoms with Gasteiger partial charge >= 0.3 is 0 Å². The van der Waals surface area contributed by atoms with Crippen LogP contribution in [0.2, 0.25) is 5.02 Å². The summed E-state index contributed by atoms with van der Waals surface area (Å²) in [4.78, 5) is 16.8. The fraction of sp³-hybridized carbons (Fsp3) is 0.381. The summed E-state index contributed by atoms with van der Waals surface area (Å²) in [6.07, 6.45) is 0. The normalized spacial score (nSPS) is 14.2. The van der Waals surface area contributed by atoms with Gasteiger partial charge in [0.2, 0.25) is 5.91 Å². The van der Waals surface area contributed by atoms with Crippen molar-refractivity contribution < 1.29 is 9.53 Å². The Kier molecular flexibility index (Phi) is 6.11. The van der Waals surface area contributed by atoms with Crippen molar-refractivity contribution >= 4 is 28.9 Å². The monoisotopic (exact) mass is 387 g/mol. The van der Waals surface area contributed by atoms with Gasteiger partial charge in [-0.15, -0.1) is 0 Å². The molecule has 1 saturated heterocycles. The van der Waals surface area contributed by atoms with Gasteiger partial charge in [0.15, 0.2) is 0 Å². The maximum Gasteiger partial charge on any atom is 0.241 e. The summed E-state index contributed by atoms with van der Waals surface area (Å²) in [6.45, 7) is 7.41. The predicted octanol–water partition coefficient (Wildman–Crippen LogP) is 3.73. The lowest BCUT2D eigenvalue weighted by Crippen LogP contribution is -2.50. The highest BCUT2D eigenvalue weighted by Gasteiger charge is 2.21. The van der Waals surface area contributed by atoms with E-state index < -0.39 is 0 Å². The number of halogens is 1. The molecule has 1 heterocycles. The van der Waals surface area contributed by atoms with E-state index in [9.17, 15) is 4.79 Å². The number of rotatable bonds is 5. The molecule has 1 amide bonds. The first-order valence-electron chi connectivity index (χ1n) is 9.15. The second-order valence-corrected chi connectivity index (χ2v) is 7.27. The van der Waals surface area contributed by atoms with Crippen LogP contribution in [-0.2, 0) is 4.79 Å². The number of amides is 1. The van der Waals surface area contributed by atoms with Crippen molar-refractivity contribution in [3.63, 3.8) is 0 Å². The Morgan fingerprint density at radius 2 is 1.89 bits per heavy atom. The summed E-state index contributed by atoms with van der Waals surface area (Å²) in [5.74, 6) is 0.733. The Labute approximate surface area is 165 Å². The molecular formula is C21H26ClN3O2. The molecule has 2 aromatic carbocycles. The van der Waals surface area contributed by atoms with Gasteiger partial charge in [0.1, 0.15) is 5.75 Å². The molecule has 144 valence electrons. The van der Waals surface area contributed by atoms with Crippen LogP contribution in [0.5, 0.6) is 5.75 Å². The van der Waals surface area contributed by atoms with Crippen LogP contribution in [0.4, 0.5) is 11.4 Å². The molecule has 2 aromatic rings. The first-order valence-corrected chi connectivity index (χ1v) is 9.53. The van der Waals surface area contributed by atoms with Crippen molar-refractivity contribution in [3.8, 4) is 5.75 Å². The lowest BCUT2D eigenvalue weighted by Gasteiger charge is -2.36. The van der Waals surface area contributed by atoms with Crippen LogP contribution < -0.4 is 15.0 Å². The molecule has 0 unspecified atom stereocenters. The topological polar surface area (TPSA) is 44.8 Å². The van der Waals surface area contributed by atoms with Gasteiger partial charge in [-0.3, -0.25) is 4.79 Å². The van der Waals surface area contributed by atoms with Crippen molar-refractivity contribution in [2.45, 2.75) is 13.8 Å². The van der Waals surface area contributed by atoms with Gasteiger partial charge < -0.3 is 19.9 Å². The molecule has 6 heteroatoms.